The van der Waals surface area contributed by atoms with Gasteiger partial charge in [-0.3, -0.25) is 14.5 Å². The quantitative estimate of drug-likeness (QED) is 0.689. The van der Waals surface area contributed by atoms with Crippen LogP contribution in [0.3, 0.4) is 0 Å². The van der Waals surface area contributed by atoms with E-state index in [1.165, 1.54) is 23.8 Å². The van der Waals surface area contributed by atoms with Gasteiger partial charge in [-0.1, -0.05) is 24.0 Å². The van der Waals surface area contributed by atoms with Crippen LogP contribution in [0.2, 0.25) is 0 Å². The monoisotopic (exact) mass is 382 g/mol. The Hall–Kier alpha value is -1.94. The van der Waals surface area contributed by atoms with E-state index in [1.807, 2.05) is 0 Å². The number of methoxy groups -OCH3 is 1. The summed E-state index contributed by atoms with van der Waals surface area (Å²) in [6, 6.07) is 3.36. The van der Waals surface area contributed by atoms with Gasteiger partial charge < -0.3 is 14.4 Å². The SMILES string of the molecule is COc1ccc(OC2CCCN(C(=O)CN3C(=O)CSC3=S)C2)nn1. The number of hydrogen-bond donors (Lipinski definition) is 0. The highest BCUT2D eigenvalue weighted by molar-refractivity contribution is 8.23. The van der Waals surface area contributed by atoms with Crippen molar-refractivity contribution in [1.82, 2.24) is 20.0 Å². The second kappa shape index (κ2) is 7.96. The number of hydrogen-bond acceptors (Lipinski definition) is 8. The first-order valence-electron chi connectivity index (χ1n) is 7.86. The van der Waals surface area contributed by atoms with Gasteiger partial charge in [0.2, 0.25) is 23.6 Å². The van der Waals surface area contributed by atoms with Crippen LogP contribution in [-0.4, -0.2) is 74.7 Å². The number of rotatable bonds is 5. The topological polar surface area (TPSA) is 84.9 Å². The van der Waals surface area contributed by atoms with Crippen molar-refractivity contribution in [2.75, 3.05) is 32.5 Å². The average Bonchev–Trinajstić information content (AvgIpc) is 2.94. The van der Waals surface area contributed by atoms with E-state index in [0.717, 1.165) is 12.8 Å². The summed E-state index contributed by atoms with van der Waals surface area (Å²) in [7, 11) is 1.52. The van der Waals surface area contributed by atoms with Gasteiger partial charge in [-0.05, 0) is 12.8 Å². The smallest absolute Gasteiger partial charge is 0.242 e. The van der Waals surface area contributed by atoms with Crippen LogP contribution in [0.1, 0.15) is 12.8 Å². The van der Waals surface area contributed by atoms with E-state index in [9.17, 15) is 9.59 Å². The van der Waals surface area contributed by atoms with Gasteiger partial charge in [-0.2, -0.15) is 0 Å². The molecule has 0 radical (unpaired) electrons. The molecule has 0 aliphatic carbocycles. The van der Waals surface area contributed by atoms with E-state index in [-0.39, 0.29) is 24.5 Å². The maximum absolute atomic E-state index is 12.5. The minimum atomic E-state index is -0.156. The van der Waals surface area contributed by atoms with Gasteiger partial charge in [0.1, 0.15) is 17.0 Å². The Labute approximate surface area is 154 Å². The number of likely N-dealkylation sites (tertiary alicyclic amines) is 1. The molecule has 2 aliphatic rings. The number of carbonyl (C=O) groups is 2. The Bertz CT molecular complexity index is 654. The van der Waals surface area contributed by atoms with Crippen molar-refractivity contribution in [2.45, 2.75) is 18.9 Å². The molecular weight excluding hydrogens is 364 g/mol. The molecule has 2 fully saturated rings. The molecule has 1 atom stereocenters. The van der Waals surface area contributed by atoms with E-state index in [0.29, 0.717) is 34.9 Å². The van der Waals surface area contributed by atoms with E-state index in [2.05, 4.69) is 10.2 Å². The number of carbonyl (C=O) groups excluding carboxylic acids is 2. The van der Waals surface area contributed by atoms with Crippen LogP contribution in [0.25, 0.3) is 0 Å². The summed E-state index contributed by atoms with van der Waals surface area (Å²) < 4.78 is 11.2. The zero-order valence-electron chi connectivity index (χ0n) is 13.7. The second-order valence-corrected chi connectivity index (χ2v) is 7.28. The maximum atomic E-state index is 12.5. The predicted octanol–water partition coefficient (Wildman–Crippen LogP) is 0.715. The minimum Gasteiger partial charge on any atom is -0.480 e. The number of ether oxygens (including phenoxy) is 2. The fourth-order valence-electron chi connectivity index (χ4n) is 2.68. The average molecular weight is 382 g/mol. The van der Waals surface area contributed by atoms with Crippen molar-refractivity contribution in [3.8, 4) is 11.8 Å². The summed E-state index contributed by atoms with van der Waals surface area (Å²) in [6.45, 7) is 1.10. The van der Waals surface area contributed by atoms with Crippen LogP contribution >= 0.6 is 24.0 Å². The molecule has 1 aromatic heterocycles. The Morgan fingerprint density at radius 3 is 2.80 bits per heavy atom. The summed E-state index contributed by atoms with van der Waals surface area (Å²) in [6.07, 6.45) is 1.50. The van der Waals surface area contributed by atoms with Crippen molar-refractivity contribution in [3.05, 3.63) is 12.1 Å². The number of piperidine rings is 1. The molecule has 0 N–H and O–H groups in total. The Kier molecular flexibility index (Phi) is 5.69. The van der Waals surface area contributed by atoms with Gasteiger partial charge in [0.05, 0.1) is 19.4 Å². The van der Waals surface area contributed by atoms with Crippen molar-refractivity contribution in [2.24, 2.45) is 0 Å². The molecule has 25 heavy (non-hydrogen) atoms. The first kappa shape index (κ1) is 17.9. The minimum absolute atomic E-state index is 0.000270. The molecule has 0 spiro atoms. The molecule has 134 valence electrons. The molecule has 3 rings (SSSR count). The fraction of sp³-hybridized carbons (Fsp3) is 0.533. The largest absolute Gasteiger partial charge is 0.480 e. The van der Waals surface area contributed by atoms with Crippen LogP contribution in [-0.2, 0) is 9.59 Å². The third-order valence-electron chi connectivity index (χ3n) is 3.98. The van der Waals surface area contributed by atoms with E-state index >= 15 is 0 Å². The molecule has 2 amide bonds. The first-order chi connectivity index (χ1) is 12.1. The molecular formula is C15H18N4O4S2. The van der Waals surface area contributed by atoms with Crippen molar-refractivity contribution >= 4 is 40.1 Å². The van der Waals surface area contributed by atoms with Gasteiger partial charge in [-0.15, -0.1) is 10.2 Å². The Morgan fingerprint density at radius 2 is 2.16 bits per heavy atom. The van der Waals surface area contributed by atoms with Crippen LogP contribution in [0.15, 0.2) is 12.1 Å². The third kappa shape index (κ3) is 4.37. The Morgan fingerprint density at radius 1 is 1.40 bits per heavy atom. The van der Waals surface area contributed by atoms with E-state index < -0.39 is 0 Å². The zero-order chi connectivity index (χ0) is 17.8. The van der Waals surface area contributed by atoms with Crippen LogP contribution < -0.4 is 9.47 Å². The lowest BCUT2D eigenvalue weighted by Crippen LogP contribution is -2.48. The van der Waals surface area contributed by atoms with Crippen LogP contribution in [0.4, 0.5) is 0 Å². The standard InChI is InChI=1S/C15H18N4O4S2/c1-22-11-4-5-12(17-16-11)23-10-3-2-6-18(7-10)13(20)8-19-14(21)9-25-15(19)24/h4-5,10H,2-3,6-9H2,1H3. The lowest BCUT2D eigenvalue weighted by Gasteiger charge is -2.33. The lowest BCUT2D eigenvalue weighted by atomic mass is 10.1. The zero-order valence-corrected chi connectivity index (χ0v) is 15.3. The number of amides is 2. The van der Waals surface area contributed by atoms with Crippen LogP contribution in [0.5, 0.6) is 11.8 Å². The molecule has 8 nitrogen and oxygen atoms in total. The summed E-state index contributed by atoms with van der Waals surface area (Å²) in [5.41, 5.74) is 0. The molecule has 0 saturated carbocycles. The lowest BCUT2D eigenvalue weighted by molar-refractivity contribution is -0.137. The second-order valence-electron chi connectivity index (χ2n) is 5.67. The predicted molar refractivity (Wildman–Crippen MR) is 95.6 cm³/mol. The van der Waals surface area contributed by atoms with Crippen molar-refractivity contribution in [1.29, 1.82) is 0 Å². The van der Waals surface area contributed by atoms with Crippen molar-refractivity contribution < 1.29 is 19.1 Å². The number of thioether (sulfide) groups is 1. The van der Waals surface area contributed by atoms with Gasteiger partial charge in [-0.25, -0.2) is 0 Å². The summed E-state index contributed by atoms with van der Waals surface area (Å²) in [5, 5.41) is 7.81. The molecule has 1 unspecified atom stereocenters. The van der Waals surface area contributed by atoms with Gasteiger partial charge in [0.25, 0.3) is 0 Å². The first-order valence-corrected chi connectivity index (χ1v) is 9.25. The molecule has 3 heterocycles. The van der Waals surface area contributed by atoms with Gasteiger partial charge in [0, 0.05) is 18.7 Å². The fourth-order valence-corrected chi connectivity index (χ4v) is 3.75. The van der Waals surface area contributed by atoms with E-state index in [1.54, 1.807) is 17.0 Å². The third-order valence-corrected chi connectivity index (χ3v) is 5.41. The van der Waals surface area contributed by atoms with Crippen molar-refractivity contribution in [3.63, 3.8) is 0 Å². The van der Waals surface area contributed by atoms with Gasteiger partial charge >= 0.3 is 0 Å². The normalized spacial score (nSPS) is 20.8. The highest BCUT2D eigenvalue weighted by atomic mass is 32.2. The van der Waals surface area contributed by atoms with Gasteiger partial charge in [0.15, 0.2) is 0 Å². The number of aromatic nitrogens is 2. The molecule has 2 aliphatic heterocycles. The highest BCUT2D eigenvalue weighted by Gasteiger charge is 2.32. The summed E-state index contributed by atoms with van der Waals surface area (Å²) in [4.78, 5) is 27.3. The highest BCUT2D eigenvalue weighted by Crippen LogP contribution is 2.21. The molecule has 1 aromatic rings. The molecule has 2 saturated heterocycles. The molecule has 10 heteroatoms. The summed E-state index contributed by atoms with van der Waals surface area (Å²) in [5.74, 6) is 0.895. The molecule has 0 bridgehead atoms. The number of thiocarbonyl (C=S) groups is 1. The Balaban J connectivity index is 1.55. The maximum Gasteiger partial charge on any atom is 0.242 e. The van der Waals surface area contributed by atoms with E-state index in [4.69, 9.17) is 21.7 Å². The van der Waals surface area contributed by atoms with Crippen LogP contribution in [0, 0.1) is 0 Å². The summed E-state index contributed by atoms with van der Waals surface area (Å²) >= 11 is 6.41. The molecule has 0 aromatic carbocycles. The number of nitrogens with zero attached hydrogens (tertiary/aromatic N) is 4.